The number of aliphatic hydroxyl groups excluding tert-OH is 1. The Bertz CT molecular complexity index is 750. The van der Waals surface area contributed by atoms with Crippen molar-refractivity contribution in [3.63, 3.8) is 0 Å². The van der Waals surface area contributed by atoms with Crippen molar-refractivity contribution in [3.05, 3.63) is 70.7 Å². The minimum atomic E-state index is -4.31. The lowest BCUT2D eigenvalue weighted by Crippen LogP contribution is -2.27. The summed E-state index contributed by atoms with van der Waals surface area (Å²) in [7, 11) is 1.49. The monoisotopic (exact) mass is 381 g/mol. The molecule has 148 valence electrons. The van der Waals surface area contributed by atoms with Crippen LogP contribution in [0.25, 0.3) is 0 Å². The summed E-state index contributed by atoms with van der Waals surface area (Å²) in [4.78, 5) is 2.17. The van der Waals surface area contributed by atoms with E-state index in [0.29, 0.717) is 18.8 Å². The van der Waals surface area contributed by atoms with Gasteiger partial charge in [-0.15, -0.1) is 0 Å². The Balaban J connectivity index is 1.89. The molecule has 0 aromatic heterocycles. The van der Waals surface area contributed by atoms with Gasteiger partial charge in [0.1, 0.15) is 5.76 Å². The van der Waals surface area contributed by atoms with Crippen molar-refractivity contribution in [2.24, 2.45) is 0 Å². The highest BCUT2D eigenvalue weighted by Crippen LogP contribution is 2.34. The number of fused-ring (bicyclic) bond motifs is 1. The van der Waals surface area contributed by atoms with Crippen LogP contribution in [0.1, 0.15) is 43.4 Å². The van der Waals surface area contributed by atoms with Crippen LogP contribution in [-0.4, -0.2) is 23.2 Å². The van der Waals surface area contributed by atoms with Crippen LogP contribution in [0.2, 0.25) is 0 Å². The normalized spacial score (nSPS) is 17.0. The summed E-state index contributed by atoms with van der Waals surface area (Å²) < 4.78 is 43.5. The Morgan fingerprint density at radius 1 is 1.30 bits per heavy atom. The molecule has 1 aromatic rings. The molecule has 1 aliphatic rings. The number of hydrogen-bond donors (Lipinski definition) is 1. The minimum Gasteiger partial charge on any atom is -0.505 e. The minimum absolute atomic E-state index is 0.0576. The van der Waals surface area contributed by atoms with E-state index in [1.165, 1.54) is 13.2 Å². The number of alkyl halides is 3. The third-order valence-corrected chi connectivity index (χ3v) is 4.93. The Morgan fingerprint density at radius 2 is 1.96 bits per heavy atom. The lowest BCUT2D eigenvalue weighted by Gasteiger charge is -2.23. The van der Waals surface area contributed by atoms with Crippen LogP contribution in [-0.2, 0) is 24.0 Å². The van der Waals surface area contributed by atoms with Crippen LogP contribution >= 0.6 is 0 Å². The van der Waals surface area contributed by atoms with Gasteiger partial charge in [0.15, 0.2) is 5.76 Å². The zero-order valence-corrected chi connectivity index (χ0v) is 15.9. The highest BCUT2D eigenvalue weighted by atomic mass is 19.4. The molecule has 6 heteroatoms. The van der Waals surface area contributed by atoms with Crippen LogP contribution in [0, 0.1) is 0 Å². The van der Waals surface area contributed by atoms with Crippen LogP contribution in [0.5, 0.6) is 0 Å². The second-order valence-corrected chi connectivity index (χ2v) is 6.91. The predicted molar refractivity (Wildman–Crippen MR) is 100 cm³/mol. The van der Waals surface area contributed by atoms with Gasteiger partial charge in [-0.1, -0.05) is 24.3 Å². The highest BCUT2D eigenvalue weighted by molar-refractivity contribution is 5.36. The molecule has 0 saturated carbocycles. The number of methoxy groups -OCH3 is 1. The summed E-state index contributed by atoms with van der Waals surface area (Å²) in [6, 6.07) is 4.21. The van der Waals surface area contributed by atoms with E-state index in [1.54, 1.807) is 25.1 Å². The van der Waals surface area contributed by atoms with Crippen molar-refractivity contribution in [2.45, 2.75) is 52.0 Å². The molecule has 1 atom stereocenters. The van der Waals surface area contributed by atoms with E-state index in [-0.39, 0.29) is 11.8 Å². The maximum atomic E-state index is 12.9. The fourth-order valence-corrected chi connectivity index (χ4v) is 2.99. The van der Waals surface area contributed by atoms with Gasteiger partial charge in [0.2, 0.25) is 0 Å². The fourth-order valence-electron chi connectivity index (χ4n) is 2.99. The lowest BCUT2D eigenvalue weighted by molar-refractivity contribution is -0.137. The molecule has 0 saturated heterocycles. The van der Waals surface area contributed by atoms with E-state index in [0.717, 1.165) is 35.6 Å². The molecular weight excluding hydrogens is 355 g/mol. The van der Waals surface area contributed by atoms with Crippen LogP contribution in [0.4, 0.5) is 13.2 Å². The highest BCUT2D eigenvalue weighted by Gasteiger charge is 2.32. The number of hydrogen-bond acceptors (Lipinski definition) is 3. The van der Waals surface area contributed by atoms with Gasteiger partial charge in [0, 0.05) is 19.1 Å². The van der Waals surface area contributed by atoms with Gasteiger partial charge in [-0.05, 0) is 56.0 Å². The number of rotatable bonds is 7. The smallest absolute Gasteiger partial charge is 0.416 e. The maximum absolute atomic E-state index is 12.9. The average Bonchev–Trinajstić information content (AvgIpc) is 3.06. The first-order valence-corrected chi connectivity index (χ1v) is 8.84. The van der Waals surface area contributed by atoms with E-state index in [4.69, 9.17) is 4.74 Å². The van der Waals surface area contributed by atoms with Gasteiger partial charge in [-0.2, -0.15) is 13.2 Å². The Kier molecular flexibility index (Phi) is 6.76. The number of halogens is 3. The molecule has 1 aromatic carbocycles. The summed E-state index contributed by atoms with van der Waals surface area (Å²) in [6.07, 6.45) is 0.559. The molecule has 2 rings (SSSR count). The Hall–Kier alpha value is -2.21. The quantitative estimate of drug-likeness (QED) is 0.483. The zero-order chi connectivity index (χ0) is 20.2. The molecule has 0 amide bonds. The Labute approximate surface area is 158 Å². The van der Waals surface area contributed by atoms with E-state index >= 15 is 0 Å². The van der Waals surface area contributed by atoms with Crippen molar-refractivity contribution in [1.29, 1.82) is 0 Å². The van der Waals surface area contributed by atoms with Crippen LogP contribution in [0.3, 0.4) is 0 Å². The molecule has 1 heterocycles. The number of aliphatic hydroxyl groups is 1. The number of benzene rings is 1. The summed E-state index contributed by atoms with van der Waals surface area (Å²) in [5, 5.41) is 9.73. The Morgan fingerprint density at radius 3 is 2.59 bits per heavy atom. The number of allylic oxidation sites excluding steroid dienone is 4. The van der Waals surface area contributed by atoms with Crippen molar-refractivity contribution >= 4 is 0 Å². The topological polar surface area (TPSA) is 32.7 Å². The standard InChI is InChI=1S/C21H26F3NO2/c1-14(6-10-20(26)16(3)27-4)5-7-15(2)25-12-17-8-9-19(21(22,23)24)11-18(17)13-25/h6,8-11,15,26H,1,5,7,12-13H2,2-4H3/b10-6-,20-16-/t15-/m1/s1. The second kappa shape index (κ2) is 8.65. The number of ether oxygens (including phenoxy) is 1. The molecule has 0 bridgehead atoms. The second-order valence-electron chi connectivity index (χ2n) is 6.91. The van der Waals surface area contributed by atoms with E-state index < -0.39 is 11.7 Å². The maximum Gasteiger partial charge on any atom is 0.416 e. The lowest BCUT2D eigenvalue weighted by atomic mass is 10.1. The van der Waals surface area contributed by atoms with Crippen molar-refractivity contribution in [3.8, 4) is 0 Å². The molecule has 0 fully saturated rings. The summed E-state index contributed by atoms with van der Waals surface area (Å²) in [5.41, 5.74) is 1.99. The fraction of sp³-hybridized carbons (Fsp3) is 0.429. The molecule has 0 aliphatic carbocycles. The van der Waals surface area contributed by atoms with E-state index in [1.807, 2.05) is 0 Å². The molecular formula is C21H26F3NO2. The summed E-state index contributed by atoms with van der Waals surface area (Å²) in [5.74, 6) is 0.489. The van der Waals surface area contributed by atoms with E-state index in [2.05, 4.69) is 18.4 Å². The molecule has 0 radical (unpaired) electrons. The average molecular weight is 381 g/mol. The third kappa shape index (κ3) is 5.63. The van der Waals surface area contributed by atoms with Gasteiger partial charge < -0.3 is 9.84 Å². The van der Waals surface area contributed by atoms with Crippen molar-refractivity contribution < 1.29 is 23.0 Å². The molecule has 1 N–H and O–H groups in total. The molecule has 1 aliphatic heterocycles. The predicted octanol–water partition coefficient (Wildman–Crippen LogP) is 5.74. The molecule has 3 nitrogen and oxygen atoms in total. The largest absolute Gasteiger partial charge is 0.505 e. The van der Waals surface area contributed by atoms with Crippen molar-refractivity contribution in [1.82, 2.24) is 4.90 Å². The van der Waals surface area contributed by atoms with Crippen LogP contribution in [0.15, 0.2) is 54.0 Å². The molecule has 27 heavy (non-hydrogen) atoms. The van der Waals surface area contributed by atoms with E-state index in [9.17, 15) is 18.3 Å². The first-order chi connectivity index (χ1) is 12.6. The molecule has 0 unspecified atom stereocenters. The first-order valence-electron chi connectivity index (χ1n) is 8.84. The van der Waals surface area contributed by atoms with Gasteiger partial charge in [0.25, 0.3) is 0 Å². The van der Waals surface area contributed by atoms with Crippen LogP contribution < -0.4 is 0 Å². The number of nitrogens with zero attached hydrogens (tertiary/aromatic N) is 1. The van der Waals surface area contributed by atoms with Crippen molar-refractivity contribution in [2.75, 3.05) is 7.11 Å². The van der Waals surface area contributed by atoms with Gasteiger partial charge in [-0.25, -0.2) is 0 Å². The first kappa shape index (κ1) is 21.1. The SMILES string of the molecule is C=C(/C=C\C(O)=C(/C)OC)CC[C@@H](C)N1Cc2ccc(C(F)(F)F)cc2C1. The summed E-state index contributed by atoms with van der Waals surface area (Å²) >= 11 is 0. The summed E-state index contributed by atoms with van der Waals surface area (Å²) in [6.45, 7) is 8.91. The third-order valence-electron chi connectivity index (χ3n) is 4.93. The molecule has 0 spiro atoms. The van der Waals surface area contributed by atoms with Gasteiger partial charge in [-0.3, -0.25) is 4.90 Å². The van der Waals surface area contributed by atoms with Gasteiger partial charge in [0.05, 0.1) is 12.7 Å². The zero-order valence-electron chi connectivity index (χ0n) is 15.9. The van der Waals surface area contributed by atoms with Gasteiger partial charge >= 0.3 is 6.18 Å².